The predicted molar refractivity (Wildman–Crippen MR) is 52.8 cm³/mol. The molecular formula is C10H13N2Na3O7. The summed E-state index contributed by atoms with van der Waals surface area (Å²) in [5, 5.41) is 45.4. The van der Waals surface area contributed by atoms with Gasteiger partial charge in [-0.25, -0.2) is 0 Å². The molecule has 2 atom stereocenters. The molecule has 1 rings (SSSR count). The van der Waals surface area contributed by atoms with Crippen LogP contribution in [0, 0.1) is 0 Å². The number of nitrogens with one attached hydrogen (secondary N) is 1. The molecule has 2 N–H and O–H groups in total. The van der Waals surface area contributed by atoms with Crippen molar-refractivity contribution in [2.75, 3.05) is 26.2 Å². The van der Waals surface area contributed by atoms with Gasteiger partial charge in [0, 0.05) is 38.6 Å². The SMILES string of the molecule is O=C([O-])CC(O)(C(=O)[O-])C(C(=O)[O-])N1CCNCC1.[Na+].[Na+].[Na+]. The molecule has 0 aromatic carbocycles. The molecule has 1 aliphatic heterocycles. The average Bonchev–Trinajstić information content (AvgIpc) is 2.28. The molecule has 1 aliphatic rings. The fourth-order valence-corrected chi connectivity index (χ4v) is 2.09. The Morgan fingerprint density at radius 2 is 1.55 bits per heavy atom. The van der Waals surface area contributed by atoms with Gasteiger partial charge >= 0.3 is 88.7 Å². The summed E-state index contributed by atoms with van der Waals surface area (Å²) in [6.07, 6.45) is -1.39. The van der Waals surface area contributed by atoms with Crippen LogP contribution in [0.1, 0.15) is 6.42 Å². The van der Waals surface area contributed by atoms with Gasteiger partial charge in [-0.15, -0.1) is 0 Å². The number of hydrogen-bond donors (Lipinski definition) is 2. The summed E-state index contributed by atoms with van der Waals surface area (Å²) in [4.78, 5) is 33.7. The maximum Gasteiger partial charge on any atom is 1.00 e. The summed E-state index contributed by atoms with van der Waals surface area (Å²) < 4.78 is 0. The second-order valence-corrected chi connectivity index (χ2v) is 4.27. The molecule has 0 spiro atoms. The Labute approximate surface area is 193 Å². The van der Waals surface area contributed by atoms with Crippen molar-refractivity contribution in [2.45, 2.75) is 18.1 Å². The molecule has 0 radical (unpaired) electrons. The number of carboxylic acids is 3. The standard InChI is InChI=1S/C10H16N2O7.3Na/c13-6(14)5-10(19,9(17)18)7(8(15)16)12-3-1-11-2-4-12;;;/h7,11,19H,1-5H2,(H,13,14)(H,15,16)(H,17,18);;;/q;3*+1/p-3. The van der Waals surface area contributed by atoms with Gasteiger partial charge in [-0.05, 0) is 0 Å². The normalized spacial score (nSPS) is 18.4. The van der Waals surface area contributed by atoms with Crippen LogP contribution in [-0.2, 0) is 14.4 Å². The van der Waals surface area contributed by atoms with Crippen LogP contribution in [0.5, 0.6) is 0 Å². The minimum absolute atomic E-state index is 0. The number of rotatable bonds is 6. The van der Waals surface area contributed by atoms with E-state index in [1.54, 1.807) is 0 Å². The molecule has 12 heteroatoms. The molecule has 0 saturated carbocycles. The van der Waals surface area contributed by atoms with Crippen molar-refractivity contribution in [2.24, 2.45) is 0 Å². The second-order valence-electron chi connectivity index (χ2n) is 4.27. The summed E-state index contributed by atoms with van der Waals surface area (Å²) in [6.45, 7) is 0.999. The van der Waals surface area contributed by atoms with Crippen LogP contribution in [0.3, 0.4) is 0 Å². The van der Waals surface area contributed by atoms with E-state index in [9.17, 15) is 34.8 Å². The van der Waals surface area contributed by atoms with Crippen molar-refractivity contribution in [1.82, 2.24) is 10.2 Å². The van der Waals surface area contributed by atoms with Crippen LogP contribution in [0.25, 0.3) is 0 Å². The van der Waals surface area contributed by atoms with Gasteiger partial charge in [0.2, 0.25) is 0 Å². The van der Waals surface area contributed by atoms with Crippen molar-refractivity contribution >= 4 is 17.9 Å². The topological polar surface area (TPSA) is 156 Å². The van der Waals surface area contributed by atoms with E-state index < -0.39 is 36.0 Å². The van der Waals surface area contributed by atoms with Crippen molar-refractivity contribution in [3.8, 4) is 0 Å². The molecule has 0 bridgehead atoms. The zero-order valence-corrected chi connectivity index (χ0v) is 19.0. The third-order valence-corrected chi connectivity index (χ3v) is 2.96. The van der Waals surface area contributed by atoms with Gasteiger partial charge < -0.3 is 40.1 Å². The number of carbonyl (C=O) groups is 3. The van der Waals surface area contributed by atoms with E-state index in [4.69, 9.17) is 0 Å². The summed E-state index contributed by atoms with van der Waals surface area (Å²) >= 11 is 0. The number of aliphatic carboxylic acids is 3. The molecule has 108 valence electrons. The van der Waals surface area contributed by atoms with Crippen LogP contribution in [0.4, 0.5) is 0 Å². The number of carboxylic acid groups (broad SMARTS) is 3. The van der Waals surface area contributed by atoms with Crippen molar-refractivity contribution < 1.29 is 123 Å². The summed E-state index contributed by atoms with van der Waals surface area (Å²) in [5.41, 5.74) is -3.10. The first-order chi connectivity index (χ1) is 8.79. The Hall–Kier alpha value is 1.29. The van der Waals surface area contributed by atoms with Crippen LogP contribution in [0.2, 0.25) is 0 Å². The molecule has 9 nitrogen and oxygen atoms in total. The number of aliphatic hydroxyl groups is 1. The van der Waals surface area contributed by atoms with Crippen molar-refractivity contribution in [3.05, 3.63) is 0 Å². The molecular weight excluding hydrogens is 329 g/mol. The van der Waals surface area contributed by atoms with E-state index in [1.807, 2.05) is 0 Å². The maximum absolute atomic E-state index is 11.1. The van der Waals surface area contributed by atoms with Crippen LogP contribution < -0.4 is 109 Å². The first-order valence-corrected chi connectivity index (χ1v) is 5.58. The smallest absolute Gasteiger partial charge is 0.550 e. The average molecular weight is 342 g/mol. The molecule has 1 fully saturated rings. The van der Waals surface area contributed by atoms with Crippen LogP contribution >= 0.6 is 0 Å². The number of nitrogens with zero attached hydrogens (tertiary/aromatic N) is 1. The first-order valence-electron chi connectivity index (χ1n) is 5.58. The van der Waals surface area contributed by atoms with Gasteiger partial charge in [-0.1, -0.05) is 0 Å². The van der Waals surface area contributed by atoms with Crippen molar-refractivity contribution in [1.29, 1.82) is 0 Å². The fourth-order valence-electron chi connectivity index (χ4n) is 2.09. The maximum atomic E-state index is 11.1. The second kappa shape index (κ2) is 12.6. The number of carbonyl (C=O) groups excluding carboxylic acids is 3. The number of piperazine rings is 1. The monoisotopic (exact) mass is 342 g/mol. The van der Waals surface area contributed by atoms with Gasteiger partial charge in [0.15, 0.2) is 0 Å². The molecule has 1 saturated heterocycles. The van der Waals surface area contributed by atoms with Crippen LogP contribution in [-0.4, -0.2) is 65.7 Å². The molecule has 0 aliphatic carbocycles. The quantitative estimate of drug-likeness (QED) is 0.447. The van der Waals surface area contributed by atoms with E-state index in [0.29, 0.717) is 13.1 Å². The molecule has 22 heavy (non-hydrogen) atoms. The van der Waals surface area contributed by atoms with Crippen molar-refractivity contribution in [3.63, 3.8) is 0 Å². The first kappa shape index (κ1) is 28.1. The van der Waals surface area contributed by atoms with Gasteiger partial charge in [0.1, 0.15) is 5.60 Å². The largest absolute Gasteiger partial charge is 1.00 e. The third-order valence-electron chi connectivity index (χ3n) is 2.96. The summed E-state index contributed by atoms with van der Waals surface area (Å²) in [5.74, 6) is -5.97. The number of hydrogen-bond acceptors (Lipinski definition) is 9. The Morgan fingerprint density at radius 1 is 1.09 bits per heavy atom. The minimum Gasteiger partial charge on any atom is -0.550 e. The molecule has 0 aromatic rings. The third kappa shape index (κ3) is 7.45. The van der Waals surface area contributed by atoms with E-state index >= 15 is 0 Å². The molecule has 2 unspecified atom stereocenters. The fraction of sp³-hybridized carbons (Fsp3) is 0.700. The minimum atomic E-state index is -3.10. The Kier molecular flexibility index (Phi) is 16.1. The zero-order chi connectivity index (χ0) is 14.6. The van der Waals surface area contributed by atoms with E-state index in [2.05, 4.69) is 5.32 Å². The Balaban J connectivity index is -0.00000120. The van der Waals surface area contributed by atoms with Gasteiger partial charge in [0.05, 0.1) is 18.0 Å². The molecule has 1 heterocycles. The van der Waals surface area contributed by atoms with E-state index in [1.165, 1.54) is 0 Å². The zero-order valence-electron chi connectivity index (χ0n) is 13.0. The summed E-state index contributed by atoms with van der Waals surface area (Å²) in [6, 6.07) is -2.02. The van der Waals surface area contributed by atoms with Gasteiger partial charge in [-0.2, -0.15) is 0 Å². The molecule has 0 amide bonds. The Bertz CT molecular complexity index is 393. The summed E-state index contributed by atoms with van der Waals surface area (Å²) in [7, 11) is 0. The van der Waals surface area contributed by atoms with E-state index in [0.717, 1.165) is 4.90 Å². The molecule has 0 aromatic heterocycles. The van der Waals surface area contributed by atoms with E-state index in [-0.39, 0.29) is 102 Å². The Morgan fingerprint density at radius 3 is 1.86 bits per heavy atom. The van der Waals surface area contributed by atoms with Gasteiger partial charge in [0.25, 0.3) is 0 Å². The van der Waals surface area contributed by atoms with Crippen LogP contribution in [0.15, 0.2) is 0 Å². The van der Waals surface area contributed by atoms with Gasteiger partial charge in [-0.3, -0.25) is 4.90 Å². The predicted octanol–water partition coefficient (Wildman–Crippen LogP) is -15.4.